The van der Waals surface area contributed by atoms with Crippen molar-refractivity contribution in [2.45, 2.75) is 11.6 Å². The van der Waals surface area contributed by atoms with Crippen LogP contribution < -0.4 is 16.8 Å². The van der Waals surface area contributed by atoms with Crippen LogP contribution in [0.1, 0.15) is 0 Å². The third-order valence-electron chi connectivity index (χ3n) is 2.77. The summed E-state index contributed by atoms with van der Waals surface area (Å²) in [5, 5.41) is 3.09. The van der Waals surface area contributed by atoms with E-state index in [1.165, 1.54) is 0 Å². The third kappa shape index (κ3) is 0.671. The first-order valence-corrected chi connectivity index (χ1v) is 3.80. The lowest BCUT2D eigenvalue weighted by atomic mass is 10.4. The molecule has 2 rings (SSSR count). The average Bonchev–Trinajstić information content (AvgIpc) is 2.39. The van der Waals surface area contributed by atoms with Gasteiger partial charge in [0.2, 0.25) is 0 Å². The smallest absolute Gasteiger partial charge is 0.177 e. The Kier molecular flexibility index (Phi) is 1.19. The van der Waals surface area contributed by atoms with Gasteiger partial charge in [0.15, 0.2) is 11.6 Å². The predicted octanol–water partition coefficient (Wildman–Crippen LogP) is -2.31. The highest BCUT2D eigenvalue weighted by molar-refractivity contribution is 5.19. The Hall–Kier alpha value is -0.200. The fourth-order valence-corrected chi connectivity index (χ4v) is 1.99. The van der Waals surface area contributed by atoms with Gasteiger partial charge in [0.1, 0.15) is 0 Å². The number of nitrogens with one attached hydrogen (secondary N) is 1. The largest absolute Gasteiger partial charge is 0.297 e. The Morgan fingerprint density at radius 1 is 1.18 bits per heavy atom. The summed E-state index contributed by atoms with van der Waals surface area (Å²) in [7, 11) is 4.05. The van der Waals surface area contributed by atoms with E-state index in [-0.39, 0.29) is 5.79 Å². The van der Waals surface area contributed by atoms with Gasteiger partial charge in [-0.2, -0.15) is 0 Å². The lowest BCUT2D eigenvalue weighted by molar-refractivity contribution is 0.128. The Morgan fingerprint density at radius 3 is 1.73 bits per heavy atom. The Balaban J connectivity index is 2.26. The second-order valence-electron chi connectivity index (χ2n) is 3.51. The first kappa shape index (κ1) is 7.45. The molecule has 0 aliphatic carbocycles. The summed E-state index contributed by atoms with van der Waals surface area (Å²) < 4.78 is 0. The van der Waals surface area contributed by atoms with Gasteiger partial charge in [0, 0.05) is 13.1 Å². The summed E-state index contributed by atoms with van der Waals surface area (Å²) in [5.74, 6) is -1.000. The molecule has 2 heterocycles. The molecule has 0 aromatic heterocycles. The molecule has 11 heavy (non-hydrogen) atoms. The molecule has 0 bridgehead atoms. The molecule has 2 fully saturated rings. The van der Waals surface area contributed by atoms with Gasteiger partial charge in [-0.15, -0.1) is 0 Å². The number of nitrogens with two attached hydrogens (primary N) is 2. The van der Waals surface area contributed by atoms with E-state index in [9.17, 15) is 0 Å². The average molecular weight is 157 g/mol. The molecule has 0 radical (unpaired) electrons. The molecule has 5 N–H and O–H groups in total. The van der Waals surface area contributed by atoms with Crippen LogP contribution in [-0.4, -0.2) is 48.6 Å². The highest BCUT2D eigenvalue weighted by Gasteiger charge is 2.70. The van der Waals surface area contributed by atoms with Crippen LogP contribution in [0.3, 0.4) is 0 Å². The van der Waals surface area contributed by atoms with E-state index in [4.69, 9.17) is 11.5 Å². The third-order valence-corrected chi connectivity index (χ3v) is 2.77. The van der Waals surface area contributed by atoms with Crippen molar-refractivity contribution in [3.63, 3.8) is 0 Å². The fraction of sp³-hybridized carbons (Fsp3) is 1.00. The molecule has 2 aliphatic rings. The van der Waals surface area contributed by atoms with Crippen LogP contribution >= 0.6 is 0 Å². The van der Waals surface area contributed by atoms with Gasteiger partial charge in [0.25, 0.3) is 0 Å². The van der Waals surface area contributed by atoms with Crippen LogP contribution in [0.15, 0.2) is 0 Å². The van der Waals surface area contributed by atoms with Crippen LogP contribution in [0, 0.1) is 0 Å². The maximum atomic E-state index is 5.77. The number of nitrogens with zero attached hydrogens (tertiary/aromatic N) is 2. The second-order valence-corrected chi connectivity index (χ2v) is 3.51. The molecule has 0 saturated carbocycles. The molecule has 5 heteroatoms. The summed E-state index contributed by atoms with van der Waals surface area (Å²) in [4.78, 5) is 4.29. The van der Waals surface area contributed by atoms with Crippen molar-refractivity contribution >= 4 is 0 Å². The molecular formula is C6H15N5. The first-order valence-electron chi connectivity index (χ1n) is 3.80. The van der Waals surface area contributed by atoms with Crippen molar-refractivity contribution < 1.29 is 0 Å². The minimum Gasteiger partial charge on any atom is -0.297 e. The Morgan fingerprint density at radius 2 is 1.55 bits per heavy atom. The van der Waals surface area contributed by atoms with Gasteiger partial charge in [-0.05, 0) is 14.1 Å². The number of hydrogen-bond acceptors (Lipinski definition) is 5. The molecule has 2 aliphatic heterocycles. The Bertz CT molecular complexity index is 179. The van der Waals surface area contributed by atoms with Crippen molar-refractivity contribution in [1.29, 1.82) is 0 Å². The van der Waals surface area contributed by atoms with Crippen LogP contribution in [0.2, 0.25) is 0 Å². The van der Waals surface area contributed by atoms with Crippen molar-refractivity contribution in [2.75, 3.05) is 27.2 Å². The minimum atomic E-state index is -0.729. The van der Waals surface area contributed by atoms with Crippen molar-refractivity contribution in [2.24, 2.45) is 11.5 Å². The van der Waals surface area contributed by atoms with E-state index in [1.807, 2.05) is 14.1 Å². The zero-order chi connectivity index (χ0) is 8.28. The highest BCUT2D eigenvalue weighted by Crippen LogP contribution is 2.38. The van der Waals surface area contributed by atoms with Gasteiger partial charge < -0.3 is 0 Å². The number of rotatable bonds is 0. The van der Waals surface area contributed by atoms with E-state index in [1.54, 1.807) is 0 Å². The summed E-state index contributed by atoms with van der Waals surface area (Å²) in [6, 6.07) is 0. The SMILES string of the molecule is CN1CCN(C)C12NC2(N)N. The van der Waals surface area contributed by atoms with E-state index in [2.05, 4.69) is 15.1 Å². The van der Waals surface area contributed by atoms with E-state index in [0.717, 1.165) is 13.1 Å². The molecule has 0 amide bonds. The predicted molar refractivity (Wildman–Crippen MR) is 42.2 cm³/mol. The van der Waals surface area contributed by atoms with Crippen molar-refractivity contribution in [1.82, 2.24) is 15.1 Å². The molecule has 2 saturated heterocycles. The van der Waals surface area contributed by atoms with Gasteiger partial charge in [-0.1, -0.05) is 0 Å². The normalized spacial score (nSPS) is 34.9. The monoisotopic (exact) mass is 157 g/mol. The maximum absolute atomic E-state index is 5.77. The minimum absolute atomic E-state index is 0.271. The zero-order valence-corrected chi connectivity index (χ0v) is 6.96. The summed E-state index contributed by atoms with van der Waals surface area (Å²) in [5.41, 5.74) is 11.5. The van der Waals surface area contributed by atoms with Gasteiger partial charge in [0.05, 0.1) is 0 Å². The van der Waals surface area contributed by atoms with Gasteiger partial charge in [-0.25, -0.2) is 5.32 Å². The van der Waals surface area contributed by atoms with Crippen molar-refractivity contribution in [3.8, 4) is 0 Å². The fourth-order valence-electron chi connectivity index (χ4n) is 1.99. The Labute approximate surface area is 66.3 Å². The molecule has 0 aromatic carbocycles. The standard InChI is InChI=1S/C6H15N5/c1-10-3-4-11(2)6(10)5(7,8)9-6/h9H,3-4,7-8H2,1-2H3. The van der Waals surface area contributed by atoms with E-state index >= 15 is 0 Å². The molecule has 64 valence electrons. The van der Waals surface area contributed by atoms with Crippen LogP contribution in [0.25, 0.3) is 0 Å². The van der Waals surface area contributed by atoms with E-state index < -0.39 is 5.79 Å². The van der Waals surface area contributed by atoms with Crippen LogP contribution in [-0.2, 0) is 0 Å². The molecule has 1 spiro atoms. The topological polar surface area (TPSA) is 80.5 Å². The first-order chi connectivity index (χ1) is 5.01. The molecule has 0 atom stereocenters. The highest BCUT2D eigenvalue weighted by atomic mass is 15.7. The molecule has 0 unspecified atom stereocenters. The second kappa shape index (κ2) is 1.75. The number of hydrogen-bond donors (Lipinski definition) is 3. The molecular weight excluding hydrogens is 142 g/mol. The van der Waals surface area contributed by atoms with E-state index in [0.29, 0.717) is 0 Å². The number of likely N-dealkylation sites (N-methyl/N-ethyl adjacent to an activating group) is 2. The van der Waals surface area contributed by atoms with Gasteiger partial charge >= 0.3 is 0 Å². The maximum Gasteiger partial charge on any atom is 0.177 e. The quantitative estimate of drug-likeness (QED) is 0.272. The van der Waals surface area contributed by atoms with Crippen molar-refractivity contribution in [3.05, 3.63) is 0 Å². The lowest BCUT2D eigenvalue weighted by Gasteiger charge is -2.24. The van der Waals surface area contributed by atoms with Crippen LogP contribution in [0.4, 0.5) is 0 Å². The lowest BCUT2D eigenvalue weighted by Crippen LogP contribution is -2.53. The zero-order valence-electron chi connectivity index (χ0n) is 6.96. The summed E-state index contributed by atoms with van der Waals surface area (Å²) >= 11 is 0. The molecule has 5 nitrogen and oxygen atoms in total. The summed E-state index contributed by atoms with van der Waals surface area (Å²) in [6.07, 6.45) is 0. The van der Waals surface area contributed by atoms with Gasteiger partial charge in [-0.3, -0.25) is 21.3 Å². The molecule has 0 aromatic rings. The summed E-state index contributed by atoms with van der Waals surface area (Å²) in [6.45, 7) is 2.03. The van der Waals surface area contributed by atoms with Crippen LogP contribution in [0.5, 0.6) is 0 Å².